The van der Waals surface area contributed by atoms with Crippen LogP contribution >= 0.6 is 0 Å². The molecule has 1 fully saturated rings. The number of carbonyl (C=O) groups is 2. The summed E-state index contributed by atoms with van der Waals surface area (Å²) >= 11 is 0. The van der Waals surface area contributed by atoms with Crippen molar-refractivity contribution in [2.75, 3.05) is 37.7 Å². The number of fused-ring (bicyclic) bond motifs is 3. The number of carbonyl (C=O) groups excluding carboxylic acids is 2. The van der Waals surface area contributed by atoms with Gasteiger partial charge < -0.3 is 27.5 Å². The molecule has 9 heteroatoms. The molecule has 1 heterocycles. The zero-order valence-electron chi connectivity index (χ0n) is 18.9. The Morgan fingerprint density at radius 3 is 2.09 bits per heavy atom. The van der Waals surface area contributed by atoms with E-state index in [1.165, 1.54) is 6.07 Å². The van der Waals surface area contributed by atoms with Gasteiger partial charge in [0.2, 0.25) is 0 Å². The van der Waals surface area contributed by atoms with E-state index in [2.05, 4.69) is 24.3 Å². The minimum Gasteiger partial charge on any atom is -0.448 e. The van der Waals surface area contributed by atoms with Crippen molar-refractivity contribution in [1.29, 1.82) is 0 Å². The highest BCUT2D eigenvalue weighted by Gasteiger charge is 2.31. The van der Waals surface area contributed by atoms with Gasteiger partial charge in [0.15, 0.2) is 0 Å². The summed E-state index contributed by atoms with van der Waals surface area (Å²) in [6, 6.07) is 19.6. The normalized spacial score (nSPS) is 15.5. The number of nitrogens with zero attached hydrogens (tertiary/aromatic N) is 2. The number of halogens is 3. The van der Waals surface area contributed by atoms with Crippen LogP contribution in [0.25, 0.3) is 11.1 Å². The van der Waals surface area contributed by atoms with Crippen LogP contribution in [0.3, 0.4) is 0 Å². The molecule has 2 aliphatic rings. The third kappa shape index (κ3) is 4.50. The molecule has 0 atom stereocenters. The first-order valence-electron chi connectivity index (χ1n) is 11.5. The molecule has 0 N–H and O–H groups in total. The van der Waals surface area contributed by atoms with Gasteiger partial charge in [0.25, 0.3) is 0 Å². The Hall–Kier alpha value is -3.75. The van der Waals surface area contributed by atoms with Crippen molar-refractivity contribution in [3.63, 3.8) is 0 Å². The number of anilines is 1. The molecule has 180 valence electrons. The second kappa shape index (κ2) is 9.13. The summed E-state index contributed by atoms with van der Waals surface area (Å²) in [7, 11) is 0. The van der Waals surface area contributed by atoms with Crippen molar-refractivity contribution >= 4 is 30.5 Å². The smallest absolute Gasteiger partial charge is 0.448 e. The average molecular weight is 479 g/mol. The van der Waals surface area contributed by atoms with E-state index in [1.54, 1.807) is 9.80 Å². The van der Waals surface area contributed by atoms with Gasteiger partial charge in [-0.3, -0.25) is 4.79 Å². The Morgan fingerprint density at radius 1 is 0.914 bits per heavy atom. The van der Waals surface area contributed by atoms with E-state index < -0.39 is 18.5 Å². The van der Waals surface area contributed by atoms with Crippen molar-refractivity contribution in [3.05, 3.63) is 83.4 Å². The van der Waals surface area contributed by atoms with E-state index in [-0.39, 0.29) is 18.1 Å². The highest BCUT2D eigenvalue weighted by atomic mass is 19.4. The number of aldehydes is 1. The van der Waals surface area contributed by atoms with E-state index >= 15 is 0 Å². The van der Waals surface area contributed by atoms with Crippen molar-refractivity contribution in [3.8, 4) is 11.1 Å². The predicted molar refractivity (Wildman–Crippen MR) is 129 cm³/mol. The standard InChI is InChI=1S/C26H23BF3N2O3/c28-27(29,30)19-13-18(16-33)14-20(15-19)31-9-11-32(12-10-31)26(34)35-17-25-23-7-3-1-5-21(23)22-6-2-4-8-24(22)25/h1-8,13-16,25H,9-12,17H2/q-1. The molecular weight excluding hydrogens is 456 g/mol. The molecule has 1 amide bonds. The number of rotatable bonds is 5. The summed E-state index contributed by atoms with van der Waals surface area (Å²) in [5, 5.41) is 0. The van der Waals surface area contributed by atoms with Gasteiger partial charge in [0.1, 0.15) is 12.9 Å². The van der Waals surface area contributed by atoms with Crippen LogP contribution in [0.15, 0.2) is 66.7 Å². The number of hydrogen-bond donors (Lipinski definition) is 0. The summed E-state index contributed by atoms with van der Waals surface area (Å²) in [6.07, 6.45) is -0.0191. The fraction of sp³-hybridized carbons (Fsp3) is 0.231. The van der Waals surface area contributed by atoms with Gasteiger partial charge in [-0.05, 0) is 28.3 Å². The Labute approximate surface area is 201 Å². The Kier molecular flexibility index (Phi) is 6.00. The molecule has 1 aliphatic heterocycles. The van der Waals surface area contributed by atoms with Crippen LogP contribution in [0.1, 0.15) is 27.4 Å². The lowest BCUT2D eigenvalue weighted by Crippen LogP contribution is -2.49. The van der Waals surface area contributed by atoms with Gasteiger partial charge in [-0.1, -0.05) is 60.7 Å². The second-order valence-corrected chi connectivity index (χ2v) is 8.83. The largest absolute Gasteiger partial charge is 0.509 e. The molecule has 0 unspecified atom stereocenters. The van der Waals surface area contributed by atoms with Crippen molar-refractivity contribution < 1.29 is 27.3 Å². The minimum atomic E-state index is -5.22. The number of amides is 1. The summed E-state index contributed by atoms with van der Waals surface area (Å²) in [5.74, 6) is -0.0404. The molecule has 35 heavy (non-hydrogen) atoms. The maximum atomic E-state index is 13.3. The molecule has 0 bridgehead atoms. The molecule has 3 aromatic rings. The number of benzene rings is 3. The lowest BCUT2D eigenvalue weighted by atomic mass is 9.79. The fourth-order valence-corrected chi connectivity index (χ4v) is 4.93. The Bertz CT molecular complexity index is 1230. The second-order valence-electron chi connectivity index (χ2n) is 8.83. The Balaban J connectivity index is 1.23. The molecule has 0 spiro atoms. The lowest BCUT2D eigenvalue weighted by Gasteiger charge is -2.36. The third-order valence-corrected chi connectivity index (χ3v) is 6.72. The average Bonchev–Trinajstić information content (AvgIpc) is 3.20. The minimum absolute atomic E-state index is 0.0179. The Morgan fingerprint density at radius 2 is 1.51 bits per heavy atom. The summed E-state index contributed by atoms with van der Waals surface area (Å²) in [4.78, 5) is 27.3. The van der Waals surface area contributed by atoms with E-state index in [1.807, 2.05) is 24.3 Å². The van der Waals surface area contributed by atoms with E-state index in [9.17, 15) is 22.5 Å². The maximum absolute atomic E-state index is 13.3. The highest BCUT2D eigenvalue weighted by molar-refractivity contribution is 6.73. The SMILES string of the molecule is O=Cc1cc(N2CCN(C(=O)OCC3c4ccccc4-c4ccccc43)CC2)cc([B-](F)(F)F)c1. The van der Waals surface area contributed by atoms with Crippen molar-refractivity contribution in [2.24, 2.45) is 0 Å². The van der Waals surface area contributed by atoms with Crippen LogP contribution in [-0.2, 0) is 4.74 Å². The molecule has 5 rings (SSSR count). The van der Waals surface area contributed by atoms with Crippen LogP contribution in [0, 0.1) is 0 Å². The topological polar surface area (TPSA) is 49.9 Å². The number of hydrogen-bond acceptors (Lipinski definition) is 4. The first-order valence-corrected chi connectivity index (χ1v) is 11.5. The quantitative estimate of drug-likeness (QED) is 0.396. The number of ether oxygens (including phenoxy) is 1. The molecular formula is C26H23BF3N2O3-. The first kappa shape index (κ1) is 23.0. The monoisotopic (exact) mass is 479 g/mol. The maximum Gasteiger partial charge on any atom is 0.509 e. The highest BCUT2D eigenvalue weighted by Crippen LogP contribution is 2.44. The van der Waals surface area contributed by atoms with E-state index in [4.69, 9.17) is 4.74 Å². The van der Waals surface area contributed by atoms with Gasteiger partial charge >= 0.3 is 13.1 Å². The van der Waals surface area contributed by atoms with Gasteiger partial charge in [-0.2, -0.15) is 0 Å². The molecule has 0 saturated carbocycles. The fourth-order valence-electron chi connectivity index (χ4n) is 4.93. The van der Waals surface area contributed by atoms with Crippen LogP contribution in [0.4, 0.5) is 23.4 Å². The van der Waals surface area contributed by atoms with E-state index in [0.717, 1.165) is 34.4 Å². The van der Waals surface area contributed by atoms with Crippen LogP contribution < -0.4 is 10.4 Å². The summed E-state index contributed by atoms with van der Waals surface area (Å²) < 4.78 is 45.5. The zero-order chi connectivity index (χ0) is 24.6. The van der Waals surface area contributed by atoms with Crippen molar-refractivity contribution in [1.82, 2.24) is 4.90 Å². The third-order valence-electron chi connectivity index (χ3n) is 6.72. The van der Waals surface area contributed by atoms with Gasteiger partial charge in [-0.25, -0.2) is 4.79 Å². The van der Waals surface area contributed by atoms with Gasteiger partial charge in [0, 0.05) is 43.3 Å². The molecule has 3 aromatic carbocycles. The first-order chi connectivity index (χ1) is 16.8. The van der Waals surface area contributed by atoms with Crippen LogP contribution in [0.2, 0.25) is 0 Å². The van der Waals surface area contributed by atoms with Gasteiger partial charge in [0.05, 0.1) is 0 Å². The molecule has 1 saturated heterocycles. The molecule has 1 aliphatic carbocycles. The molecule has 0 aromatic heterocycles. The van der Waals surface area contributed by atoms with Crippen LogP contribution in [-0.4, -0.2) is 57.0 Å². The molecule has 0 radical (unpaired) electrons. The summed E-state index contributed by atoms with van der Waals surface area (Å²) in [5.41, 5.74) is 4.06. The predicted octanol–water partition coefficient (Wildman–Crippen LogP) is 4.62. The van der Waals surface area contributed by atoms with Gasteiger partial charge in [-0.15, -0.1) is 5.46 Å². The molecule has 5 nitrogen and oxygen atoms in total. The summed E-state index contributed by atoms with van der Waals surface area (Å²) in [6.45, 7) is -3.69. The van der Waals surface area contributed by atoms with Crippen LogP contribution in [0.5, 0.6) is 0 Å². The van der Waals surface area contributed by atoms with Crippen molar-refractivity contribution in [2.45, 2.75) is 5.92 Å². The zero-order valence-corrected chi connectivity index (χ0v) is 18.9. The number of piperazine rings is 1. The lowest BCUT2D eigenvalue weighted by molar-refractivity contribution is 0.0976. The van der Waals surface area contributed by atoms with E-state index in [0.29, 0.717) is 38.2 Å².